The van der Waals surface area contributed by atoms with Crippen LogP contribution in [0.25, 0.3) is 94.0 Å². The van der Waals surface area contributed by atoms with E-state index in [1.54, 1.807) is 0 Å². The lowest BCUT2D eigenvalue weighted by atomic mass is 9.97. The lowest BCUT2D eigenvalue weighted by Gasteiger charge is -2.12. The number of para-hydroxylation sites is 1. The van der Waals surface area contributed by atoms with Crippen LogP contribution in [0.1, 0.15) is 0 Å². The Bertz CT molecular complexity index is 2870. The minimum absolute atomic E-state index is 0.923. The molecule has 0 radical (unpaired) electrons. The fourth-order valence-electron chi connectivity index (χ4n) is 7.01. The van der Waals surface area contributed by atoms with Crippen LogP contribution in [0.5, 0.6) is 0 Å². The number of hydrogen-bond acceptors (Lipinski definition) is 4. The summed E-state index contributed by atoms with van der Waals surface area (Å²) in [6.45, 7) is 0. The first kappa shape index (κ1) is 27.4. The van der Waals surface area contributed by atoms with Gasteiger partial charge < -0.3 is 4.40 Å². The van der Waals surface area contributed by atoms with Crippen LogP contribution < -0.4 is 0 Å². The van der Waals surface area contributed by atoms with E-state index in [0.29, 0.717) is 0 Å². The number of nitrogens with zero attached hydrogens (tertiary/aromatic N) is 5. The monoisotopic (exact) mass is 625 g/mol. The van der Waals surface area contributed by atoms with Crippen LogP contribution >= 0.6 is 0 Å². The van der Waals surface area contributed by atoms with E-state index in [1.165, 1.54) is 0 Å². The van der Waals surface area contributed by atoms with Gasteiger partial charge in [0.2, 0.25) is 0 Å². The third-order valence-corrected chi connectivity index (χ3v) is 9.44. The van der Waals surface area contributed by atoms with E-state index in [2.05, 4.69) is 149 Å². The van der Waals surface area contributed by atoms with E-state index in [4.69, 9.17) is 15.0 Å². The van der Waals surface area contributed by atoms with Crippen molar-refractivity contribution >= 4 is 49.1 Å². The molecule has 0 saturated carbocycles. The van der Waals surface area contributed by atoms with Crippen molar-refractivity contribution in [1.29, 1.82) is 0 Å². The van der Waals surface area contributed by atoms with E-state index >= 15 is 0 Å². The normalized spacial score (nSPS) is 11.7. The number of imidazole rings is 1. The summed E-state index contributed by atoms with van der Waals surface area (Å²) in [5.74, 6) is 0. The summed E-state index contributed by atoms with van der Waals surface area (Å²) >= 11 is 0. The quantitative estimate of drug-likeness (QED) is 0.183. The molecule has 5 heteroatoms. The summed E-state index contributed by atoms with van der Waals surface area (Å²) in [5, 5.41) is 5.45. The third kappa shape index (κ3) is 4.55. The average molecular weight is 626 g/mol. The van der Waals surface area contributed by atoms with Gasteiger partial charge in [0.05, 0.1) is 33.6 Å². The molecule has 49 heavy (non-hydrogen) atoms. The molecule has 0 bridgehead atoms. The molecule has 5 heterocycles. The van der Waals surface area contributed by atoms with Crippen molar-refractivity contribution < 1.29 is 0 Å². The first-order valence-corrected chi connectivity index (χ1v) is 16.4. The summed E-state index contributed by atoms with van der Waals surface area (Å²) < 4.78 is 2.13. The topological polar surface area (TPSA) is 56.0 Å². The van der Waals surface area contributed by atoms with Crippen LogP contribution in [0.15, 0.2) is 164 Å². The first-order valence-electron chi connectivity index (χ1n) is 16.4. The van der Waals surface area contributed by atoms with E-state index in [-0.39, 0.29) is 0 Å². The maximum Gasteiger partial charge on any atom is 0.146 e. The Hall–Kier alpha value is -6.72. The van der Waals surface area contributed by atoms with Gasteiger partial charge in [0.1, 0.15) is 5.65 Å². The highest BCUT2D eigenvalue weighted by Gasteiger charge is 2.16. The Morgan fingerprint density at radius 3 is 2.08 bits per heavy atom. The van der Waals surface area contributed by atoms with Gasteiger partial charge in [-0.05, 0) is 41.5 Å². The number of aromatic nitrogens is 5. The van der Waals surface area contributed by atoms with Crippen LogP contribution in [-0.4, -0.2) is 24.3 Å². The highest BCUT2D eigenvalue weighted by Crippen LogP contribution is 2.37. The number of benzene rings is 5. The molecule has 10 aromatic rings. The van der Waals surface area contributed by atoms with Gasteiger partial charge in [0.15, 0.2) is 0 Å². The zero-order valence-electron chi connectivity index (χ0n) is 26.3. The lowest BCUT2D eigenvalue weighted by molar-refractivity contribution is 1.20. The molecule has 228 valence electrons. The summed E-state index contributed by atoms with van der Waals surface area (Å²) in [4.78, 5) is 20.1. The van der Waals surface area contributed by atoms with Crippen LogP contribution in [-0.2, 0) is 0 Å². The SMILES string of the molecule is c1ccc(-c2cn3ccc4c(-c5cccc(-c6ccc(-c7ccc8ccc9cccnc9c8n7)cc6)c5)nc5ccccc5c4c3n2)cc1. The standard InChI is InChI=1S/C44H27N5/c1-2-8-29(9-3-1)39-27-49-25-23-36-40(44(49)48-39)35-13-4-5-14-38(35)47-41(36)34-11-6-10-33(26-34)28-15-17-30(18-16-28)37-22-21-32-20-19-31-12-7-24-45-42(31)43(32)46-37/h1-27H. The first-order chi connectivity index (χ1) is 24.3. The number of hydrogen-bond donors (Lipinski definition) is 0. The summed E-state index contributed by atoms with van der Waals surface area (Å²) in [6.07, 6.45) is 6.03. The second-order valence-electron chi connectivity index (χ2n) is 12.4. The second kappa shape index (κ2) is 10.9. The van der Waals surface area contributed by atoms with E-state index in [9.17, 15) is 0 Å². The molecule has 0 spiro atoms. The Kier molecular flexibility index (Phi) is 6.11. The fraction of sp³-hybridized carbons (Fsp3) is 0. The Labute approximate surface area is 281 Å². The van der Waals surface area contributed by atoms with Gasteiger partial charge in [-0.25, -0.2) is 15.0 Å². The van der Waals surface area contributed by atoms with Gasteiger partial charge in [-0.2, -0.15) is 0 Å². The second-order valence-corrected chi connectivity index (χ2v) is 12.4. The molecule has 0 saturated heterocycles. The van der Waals surface area contributed by atoms with E-state index in [0.717, 1.165) is 94.0 Å². The summed E-state index contributed by atoms with van der Waals surface area (Å²) in [6, 6.07) is 50.6. The molecule has 0 aliphatic rings. The van der Waals surface area contributed by atoms with Gasteiger partial charge >= 0.3 is 0 Å². The Morgan fingerprint density at radius 2 is 1.18 bits per heavy atom. The Balaban J connectivity index is 1.07. The van der Waals surface area contributed by atoms with Crippen molar-refractivity contribution in [3.8, 4) is 44.9 Å². The van der Waals surface area contributed by atoms with Crippen LogP contribution in [0.2, 0.25) is 0 Å². The molecule has 0 aliphatic heterocycles. The molecule has 0 N–H and O–H groups in total. The predicted molar refractivity (Wildman–Crippen MR) is 200 cm³/mol. The van der Waals surface area contributed by atoms with Crippen LogP contribution in [0, 0.1) is 0 Å². The molecule has 0 atom stereocenters. The maximum absolute atomic E-state index is 5.23. The van der Waals surface area contributed by atoms with Crippen molar-refractivity contribution in [2.45, 2.75) is 0 Å². The molecule has 0 fully saturated rings. The van der Waals surface area contributed by atoms with Gasteiger partial charge in [-0.15, -0.1) is 0 Å². The molecule has 5 aromatic carbocycles. The molecule has 0 aliphatic carbocycles. The maximum atomic E-state index is 5.23. The lowest BCUT2D eigenvalue weighted by Crippen LogP contribution is -1.93. The molecule has 5 aromatic heterocycles. The fourth-order valence-corrected chi connectivity index (χ4v) is 7.01. The van der Waals surface area contributed by atoms with Crippen molar-refractivity contribution in [3.05, 3.63) is 164 Å². The highest BCUT2D eigenvalue weighted by molar-refractivity contribution is 6.17. The zero-order chi connectivity index (χ0) is 32.3. The van der Waals surface area contributed by atoms with Crippen molar-refractivity contribution in [3.63, 3.8) is 0 Å². The third-order valence-electron chi connectivity index (χ3n) is 9.44. The van der Waals surface area contributed by atoms with Gasteiger partial charge in [-0.3, -0.25) is 4.98 Å². The molecule has 10 rings (SSSR count). The largest absolute Gasteiger partial charge is 0.306 e. The van der Waals surface area contributed by atoms with E-state index in [1.807, 2.05) is 24.4 Å². The smallest absolute Gasteiger partial charge is 0.146 e. The molecule has 5 nitrogen and oxygen atoms in total. The van der Waals surface area contributed by atoms with Crippen molar-refractivity contribution in [2.75, 3.05) is 0 Å². The van der Waals surface area contributed by atoms with Gasteiger partial charge in [-0.1, -0.05) is 115 Å². The number of rotatable bonds is 4. The van der Waals surface area contributed by atoms with Crippen molar-refractivity contribution in [1.82, 2.24) is 24.3 Å². The average Bonchev–Trinajstić information content (AvgIpc) is 3.63. The minimum Gasteiger partial charge on any atom is -0.306 e. The van der Waals surface area contributed by atoms with Crippen LogP contribution in [0.4, 0.5) is 0 Å². The van der Waals surface area contributed by atoms with E-state index < -0.39 is 0 Å². The van der Waals surface area contributed by atoms with Crippen LogP contribution in [0.3, 0.4) is 0 Å². The Morgan fingerprint density at radius 1 is 0.449 bits per heavy atom. The predicted octanol–water partition coefficient (Wildman–Crippen LogP) is 10.8. The zero-order valence-corrected chi connectivity index (χ0v) is 26.3. The highest BCUT2D eigenvalue weighted by atomic mass is 15.0. The minimum atomic E-state index is 0.923. The summed E-state index contributed by atoms with van der Waals surface area (Å²) in [7, 11) is 0. The van der Waals surface area contributed by atoms with Crippen molar-refractivity contribution in [2.24, 2.45) is 0 Å². The molecule has 0 unspecified atom stereocenters. The summed E-state index contributed by atoms with van der Waals surface area (Å²) in [5.41, 5.74) is 12.0. The van der Waals surface area contributed by atoms with Gasteiger partial charge in [0.25, 0.3) is 0 Å². The number of pyridine rings is 4. The van der Waals surface area contributed by atoms with Gasteiger partial charge in [0, 0.05) is 62.2 Å². The number of fused-ring (bicyclic) bond motifs is 8. The molecular formula is C44H27N5. The molecule has 0 amide bonds. The molecular weight excluding hydrogens is 599 g/mol.